The molecule has 0 spiro atoms. The number of nitrogens with two attached hydrogens (primary N) is 2. The highest BCUT2D eigenvalue weighted by Gasteiger charge is 2.32. The summed E-state index contributed by atoms with van der Waals surface area (Å²) in [4.78, 5) is 71.4. The second-order valence-corrected chi connectivity index (χ2v) is 8.79. The second kappa shape index (κ2) is 15.1. The Labute approximate surface area is 195 Å². The number of carbonyl (C=O) groups excluding carboxylic acids is 4. The third-order valence-corrected chi connectivity index (χ3v) is 4.99. The van der Waals surface area contributed by atoms with Crippen molar-refractivity contribution in [3.63, 3.8) is 0 Å². The first kappa shape index (κ1) is 30.1. The van der Waals surface area contributed by atoms with Gasteiger partial charge in [-0.25, -0.2) is 4.79 Å². The molecular formula is C19H33N5O8S. The van der Waals surface area contributed by atoms with Gasteiger partial charge in [-0.05, 0) is 30.8 Å². The summed E-state index contributed by atoms with van der Waals surface area (Å²) in [6.45, 7) is 3.47. The van der Waals surface area contributed by atoms with Crippen molar-refractivity contribution in [2.24, 2.45) is 17.4 Å². The molecule has 33 heavy (non-hydrogen) atoms. The van der Waals surface area contributed by atoms with Gasteiger partial charge in [-0.1, -0.05) is 13.8 Å². The Hall–Kier alpha value is -2.87. The SMILES string of the molecule is CSCCC(N)C(=O)NC(CC(N)=O)C(=O)NC(CC(=O)O)C(=O)NC(CC(C)C)C(=O)O. The molecule has 0 aromatic rings. The Bertz CT molecular complexity index is 733. The first-order valence-corrected chi connectivity index (χ1v) is 11.6. The fourth-order valence-electron chi connectivity index (χ4n) is 2.69. The number of carboxylic acids is 2. The second-order valence-electron chi connectivity index (χ2n) is 7.81. The van der Waals surface area contributed by atoms with Crippen LogP contribution in [0.5, 0.6) is 0 Å². The first-order valence-electron chi connectivity index (χ1n) is 10.2. The zero-order chi connectivity index (χ0) is 25.7. The van der Waals surface area contributed by atoms with Crippen LogP contribution in [0, 0.1) is 5.92 Å². The van der Waals surface area contributed by atoms with E-state index in [1.54, 1.807) is 13.8 Å². The van der Waals surface area contributed by atoms with Crippen molar-refractivity contribution in [2.45, 2.75) is 63.7 Å². The number of carbonyl (C=O) groups is 6. The summed E-state index contributed by atoms with van der Waals surface area (Å²) < 4.78 is 0. The van der Waals surface area contributed by atoms with Gasteiger partial charge in [-0.15, -0.1) is 0 Å². The van der Waals surface area contributed by atoms with E-state index in [2.05, 4.69) is 16.0 Å². The molecule has 9 N–H and O–H groups in total. The maximum atomic E-state index is 12.7. The average Bonchev–Trinajstić information content (AvgIpc) is 2.68. The Balaban J connectivity index is 5.50. The molecule has 0 heterocycles. The number of aliphatic carboxylic acids is 2. The highest BCUT2D eigenvalue weighted by Crippen LogP contribution is 2.07. The highest BCUT2D eigenvalue weighted by atomic mass is 32.2. The molecule has 0 radical (unpaired) electrons. The van der Waals surface area contributed by atoms with Gasteiger partial charge in [-0.2, -0.15) is 11.8 Å². The van der Waals surface area contributed by atoms with Crippen LogP contribution in [0.25, 0.3) is 0 Å². The molecule has 0 rings (SSSR count). The first-order chi connectivity index (χ1) is 15.3. The predicted octanol–water partition coefficient (Wildman–Crippen LogP) is -2.00. The Kier molecular flexibility index (Phi) is 13.7. The minimum absolute atomic E-state index is 0.0725. The van der Waals surface area contributed by atoms with E-state index in [1.807, 2.05) is 6.26 Å². The summed E-state index contributed by atoms with van der Waals surface area (Å²) in [6.07, 6.45) is 0.699. The van der Waals surface area contributed by atoms with Crippen molar-refractivity contribution >= 4 is 47.3 Å². The van der Waals surface area contributed by atoms with Crippen molar-refractivity contribution in [1.29, 1.82) is 0 Å². The van der Waals surface area contributed by atoms with E-state index in [4.69, 9.17) is 16.6 Å². The molecule has 0 fully saturated rings. The van der Waals surface area contributed by atoms with E-state index >= 15 is 0 Å². The zero-order valence-corrected chi connectivity index (χ0v) is 19.6. The summed E-state index contributed by atoms with van der Waals surface area (Å²) in [5.74, 6) is -6.04. The topological polar surface area (TPSA) is 231 Å². The van der Waals surface area contributed by atoms with Gasteiger partial charge in [0.25, 0.3) is 0 Å². The summed E-state index contributed by atoms with van der Waals surface area (Å²) in [6, 6.07) is -5.45. The molecule has 188 valence electrons. The van der Waals surface area contributed by atoms with E-state index in [-0.39, 0.29) is 12.3 Å². The largest absolute Gasteiger partial charge is 0.481 e. The molecule has 0 aromatic heterocycles. The highest BCUT2D eigenvalue weighted by molar-refractivity contribution is 7.98. The minimum atomic E-state index is -1.67. The summed E-state index contributed by atoms with van der Waals surface area (Å²) >= 11 is 1.46. The van der Waals surface area contributed by atoms with Gasteiger partial charge >= 0.3 is 11.9 Å². The number of amides is 4. The average molecular weight is 492 g/mol. The molecule has 0 aliphatic heterocycles. The van der Waals surface area contributed by atoms with Crippen molar-refractivity contribution < 1.29 is 39.0 Å². The van der Waals surface area contributed by atoms with Crippen LogP contribution >= 0.6 is 11.8 Å². The Morgan fingerprint density at radius 1 is 0.848 bits per heavy atom. The van der Waals surface area contributed by atoms with Crippen LogP contribution in [0.2, 0.25) is 0 Å². The number of nitrogens with one attached hydrogen (secondary N) is 3. The molecule has 14 heteroatoms. The van der Waals surface area contributed by atoms with Gasteiger partial charge in [0.05, 0.1) is 18.9 Å². The fourth-order valence-corrected chi connectivity index (χ4v) is 3.18. The van der Waals surface area contributed by atoms with Gasteiger partial charge in [0, 0.05) is 0 Å². The molecule has 4 unspecified atom stereocenters. The van der Waals surface area contributed by atoms with Gasteiger partial charge in [0.2, 0.25) is 23.6 Å². The number of hydrogen-bond donors (Lipinski definition) is 7. The maximum Gasteiger partial charge on any atom is 0.326 e. The van der Waals surface area contributed by atoms with Gasteiger partial charge in [0.15, 0.2) is 0 Å². The lowest BCUT2D eigenvalue weighted by Crippen LogP contribution is -2.58. The smallest absolute Gasteiger partial charge is 0.326 e. The normalized spacial score (nSPS) is 14.5. The van der Waals surface area contributed by atoms with E-state index in [9.17, 15) is 33.9 Å². The molecule has 0 aliphatic carbocycles. The molecule has 0 saturated carbocycles. The van der Waals surface area contributed by atoms with Gasteiger partial charge in [0.1, 0.15) is 18.1 Å². The van der Waals surface area contributed by atoms with E-state index < -0.39 is 72.6 Å². The minimum Gasteiger partial charge on any atom is -0.481 e. The van der Waals surface area contributed by atoms with Gasteiger partial charge in [-0.3, -0.25) is 24.0 Å². The number of primary amides is 1. The fraction of sp³-hybridized carbons (Fsp3) is 0.684. The van der Waals surface area contributed by atoms with Crippen molar-refractivity contribution in [3.8, 4) is 0 Å². The summed E-state index contributed by atoms with van der Waals surface area (Å²) in [7, 11) is 0. The monoisotopic (exact) mass is 491 g/mol. The molecule has 0 saturated heterocycles. The van der Waals surface area contributed by atoms with Crippen LogP contribution in [0.1, 0.15) is 39.5 Å². The molecule has 4 atom stereocenters. The molecule has 0 bridgehead atoms. The third-order valence-electron chi connectivity index (χ3n) is 4.34. The molecule has 0 aromatic carbocycles. The quantitative estimate of drug-likeness (QED) is 0.125. The molecule has 4 amide bonds. The van der Waals surface area contributed by atoms with Crippen LogP contribution in [0.3, 0.4) is 0 Å². The van der Waals surface area contributed by atoms with Crippen LogP contribution < -0.4 is 27.4 Å². The molecular weight excluding hydrogens is 458 g/mol. The molecule has 13 nitrogen and oxygen atoms in total. The van der Waals surface area contributed by atoms with Crippen LogP contribution in [-0.4, -0.2) is 82.0 Å². The Morgan fingerprint density at radius 3 is 1.76 bits per heavy atom. The third kappa shape index (κ3) is 12.7. The van der Waals surface area contributed by atoms with Crippen LogP contribution in [0.4, 0.5) is 0 Å². The van der Waals surface area contributed by atoms with Crippen molar-refractivity contribution in [3.05, 3.63) is 0 Å². The lowest BCUT2D eigenvalue weighted by molar-refractivity contribution is -0.144. The van der Waals surface area contributed by atoms with Crippen LogP contribution in [-0.2, 0) is 28.8 Å². The van der Waals surface area contributed by atoms with E-state index in [0.29, 0.717) is 12.2 Å². The number of thioether (sulfide) groups is 1. The number of carboxylic acid groups (broad SMARTS) is 2. The maximum absolute atomic E-state index is 12.7. The lowest BCUT2D eigenvalue weighted by atomic mass is 10.0. The van der Waals surface area contributed by atoms with Crippen molar-refractivity contribution in [1.82, 2.24) is 16.0 Å². The number of hydrogen-bond acceptors (Lipinski definition) is 8. The van der Waals surface area contributed by atoms with E-state index in [1.165, 1.54) is 11.8 Å². The summed E-state index contributed by atoms with van der Waals surface area (Å²) in [5.41, 5.74) is 10.9. The van der Waals surface area contributed by atoms with Crippen LogP contribution in [0.15, 0.2) is 0 Å². The van der Waals surface area contributed by atoms with E-state index in [0.717, 1.165) is 0 Å². The van der Waals surface area contributed by atoms with Gasteiger partial charge < -0.3 is 37.6 Å². The molecule has 0 aliphatic rings. The lowest BCUT2D eigenvalue weighted by Gasteiger charge is -2.24. The number of rotatable bonds is 16. The Morgan fingerprint density at radius 2 is 1.33 bits per heavy atom. The van der Waals surface area contributed by atoms with Crippen molar-refractivity contribution in [2.75, 3.05) is 12.0 Å². The summed E-state index contributed by atoms with van der Waals surface area (Å²) in [5, 5.41) is 25.0. The standard InChI is InChI=1S/C19H33N5O8S/c1-9(2)6-13(19(31)32)24-18(30)12(8-15(26)27)23-17(29)11(7-14(21)25)22-16(28)10(20)4-5-33-3/h9-13H,4-8,20H2,1-3H3,(H2,21,25)(H,22,28)(H,23,29)(H,24,30)(H,26,27)(H,31,32). The zero-order valence-electron chi connectivity index (χ0n) is 18.8. The predicted molar refractivity (Wildman–Crippen MR) is 120 cm³/mol.